The van der Waals surface area contributed by atoms with Crippen LogP contribution in [0, 0.1) is 0 Å². The Balaban J connectivity index is 2.05. The van der Waals surface area contributed by atoms with Gasteiger partial charge in [-0.3, -0.25) is 4.99 Å². The van der Waals surface area contributed by atoms with E-state index < -0.39 is 9.84 Å². The number of hydrogen-bond acceptors (Lipinski definition) is 4. The van der Waals surface area contributed by atoms with E-state index in [4.69, 9.17) is 0 Å². The fourth-order valence-corrected chi connectivity index (χ4v) is 4.26. The zero-order valence-electron chi connectivity index (χ0n) is 14.3. The summed E-state index contributed by atoms with van der Waals surface area (Å²) < 4.78 is 22.9. The molecule has 7 heteroatoms. The van der Waals surface area contributed by atoms with Gasteiger partial charge in [0.1, 0.15) is 0 Å². The van der Waals surface area contributed by atoms with Gasteiger partial charge < -0.3 is 15.5 Å². The van der Waals surface area contributed by atoms with Crippen LogP contribution in [0.2, 0.25) is 0 Å². The minimum atomic E-state index is -2.84. The lowest BCUT2D eigenvalue weighted by molar-refractivity contribution is 0.389. The summed E-state index contributed by atoms with van der Waals surface area (Å²) in [5.74, 6) is 1.23. The third kappa shape index (κ3) is 8.58. The SMILES string of the molecule is CN=C(NCCCCCCCN(C)C)NC1CCS(=O)(=O)C1. The Hall–Kier alpha value is -0.820. The maximum absolute atomic E-state index is 11.4. The van der Waals surface area contributed by atoms with Crippen molar-refractivity contribution in [1.29, 1.82) is 0 Å². The zero-order chi connectivity index (χ0) is 16.4. The largest absolute Gasteiger partial charge is 0.356 e. The zero-order valence-corrected chi connectivity index (χ0v) is 15.1. The lowest BCUT2D eigenvalue weighted by Gasteiger charge is -2.16. The molecular weight excluding hydrogens is 300 g/mol. The van der Waals surface area contributed by atoms with Gasteiger partial charge >= 0.3 is 0 Å². The topological polar surface area (TPSA) is 73.8 Å². The molecule has 1 fully saturated rings. The van der Waals surface area contributed by atoms with E-state index in [2.05, 4.69) is 34.6 Å². The predicted molar refractivity (Wildman–Crippen MR) is 93.2 cm³/mol. The van der Waals surface area contributed by atoms with Crippen LogP contribution in [0.4, 0.5) is 0 Å². The Morgan fingerprint density at radius 2 is 1.86 bits per heavy atom. The molecule has 1 aliphatic rings. The summed E-state index contributed by atoms with van der Waals surface area (Å²) in [5.41, 5.74) is 0. The maximum atomic E-state index is 11.4. The molecule has 1 atom stereocenters. The molecule has 0 aromatic rings. The third-order valence-electron chi connectivity index (χ3n) is 3.87. The quantitative estimate of drug-likeness (QED) is 0.372. The molecule has 0 radical (unpaired) electrons. The van der Waals surface area contributed by atoms with Crippen molar-refractivity contribution in [2.75, 3.05) is 45.7 Å². The standard InChI is InChI=1S/C15H32N4O2S/c1-16-15(18-14-9-12-22(20,21)13-14)17-10-7-5-4-6-8-11-19(2)3/h14H,4-13H2,1-3H3,(H2,16,17,18). The minimum absolute atomic E-state index is 0.00207. The van der Waals surface area contributed by atoms with Crippen LogP contribution in [0.15, 0.2) is 4.99 Å². The highest BCUT2D eigenvalue weighted by Gasteiger charge is 2.28. The van der Waals surface area contributed by atoms with Crippen LogP contribution in [0.5, 0.6) is 0 Å². The second kappa shape index (κ2) is 10.0. The van der Waals surface area contributed by atoms with E-state index in [0.717, 1.165) is 18.9 Å². The van der Waals surface area contributed by atoms with Gasteiger partial charge in [-0.15, -0.1) is 0 Å². The highest BCUT2D eigenvalue weighted by atomic mass is 32.2. The molecule has 6 nitrogen and oxygen atoms in total. The fourth-order valence-electron chi connectivity index (χ4n) is 2.59. The summed E-state index contributed by atoms with van der Waals surface area (Å²) in [4.78, 5) is 6.38. The van der Waals surface area contributed by atoms with Crippen LogP contribution >= 0.6 is 0 Å². The van der Waals surface area contributed by atoms with Crippen LogP contribution in [-0.2, 0) is 9.84 Å². The van der Waals surface area contributed by atoms with Crippen LogP contribution in [-0.4, -0.2) is 71.1 Å². The summed E-state index contributed by atoms with van der Waals surface area (Å²) >= 11 is 0. The molecule has 1 rings (SSSR count). The number of guanidine groups is 1. The van der Waals surface area contributed by atoms with Gasteiger partial charge in [-0.25, -0.2) is 8.42 Å². The van der Waals surface area contributed by atoms with Crippen LogP contribution < -0.4 is 10.6 Å². The van der Waals surface area contributed by atoms with E-state index in [1.807, 2.05) is 0 Å². The van der Waals surface area contributed by atoms with E-state index >= 15 is 0 Å². The number of sulfone groups is 1. The van der Waals surface area contributed by atoms with Crippen molar-refractivity contribution in [3.63, 3.8) is 0 Å². The third-order valence-corrected chi connectivity index (χ3v) is 5.64. The van der Waals surface area contributed by atoms with Crippen molar-refractivity contribution < 1.29 is 8.42 Å². The average Bonchev–Trinajstić information content (AvgIpc) is 2.79. The average molecular weight is 333 g/mol. The summed E-state index contributed by atoms with van der Waals surface area (Å²) in [6, 6.07) is 0.00207. The number of unbranched alkanes of at least 4 members (excludes halogenated alkanes) is 4. The van der Waals surface area contributed by atoms with Gasteiger partial charge in [-0.1, -0.05) is 19.3 Å². The molecular formula is C15H32N4O2S. The summed E-state index contributed by atoms with van der Waals surface area (Å²) in [7, 11) is 3.10. The maximum Gasteiger partial charge on any atom is 0.191 e. The molecule has 0 bridgehead atoms. The first-order valence-corrected chi connectivity index (χ1v) is 10.1. The van der Waals surface area contributed by atoms with E-state index in [1.54, 1.807) is 7.05 Å². The van der Waals surface area contributed by atoms with Crippen molar-refractivity contribution in [2.45, 2.75) is 44.6 Å². The fraction of sp³-hybridized carbons (Fsp3) is 0.933. The van der Waals surface area contributed by atoms with Crippen molar-refractivity contribution in [3.8, 4) is 0 Å². The number of rotatable bonds is 9. The molecule has 0 aliphatic carbocycles. The summed E-state index contributed by atoms with van der Waals surface area (Å²) in [6.07, 6.45) is 6.82. The monoisotopic (exact) mass is 332 g/mol. The molecule has 1 heterocycles. The Labute approximate surface area is 135 Å². The Morgan fingerprint density at radius 1 is 1.18 bits per heavy atom. The minimum Gasteiger partial charge on any atom is -0.356 e. The molecule has 2 N–H and O–H groups in total. The van der Waals surface area contributed by atoms with Gasteiger partial charge in [0.15, 0.2) is 15.8 Å². The van der Waals surface area contributed by atoms with Gasteiger partial charge in [0.2, 0.25) is 0 Å². The van der Waals surface area contributed by atoms with Crippen LogP contribution in [0.1, 0.15) is 38.5 Å². The van der Waals surface area contributed by atoms with Crippen molar-refractivity contribution in [3.05, 3.63) is 0 Å². The van der Waals surface area contributed by atoms with Crippen LogP contribution in [0.3, 0.4) is 0 Å². The van der Waals surface area contributed by atoms with Crippen molar-refractivity contribution in [1.82, 2.24) is 15.5 Å². The first-order valence-electron chi connectivity index (χ1n) is 8.25. The Kier molecular flexibility index (Phi) is 8.78. The molecule has 22 heavy (non-hydrogen) atoms. The molecule has 1 aliphatic heterocycles. The first-order chi connectivity index (χ1) is 10.4. The molecule has 1 saturated heterocycles. The highest BCUT2D eigenvalue weighted by molar-refractivity contribution is 7.91. The number of nitrogens with one attached hydrogen (secondary N) is 2. The molecule has 0 spiro atoms. The van der Waals surface area contributed by atoms with E-state index in [9.17, 15) is 8.42 Å². The Morgan fingerprint density at radius 3 is 2.45 bits per heavy atom. The molecule has 1 unspecified atom stereocenters. The predicted octanol–water partition coefficient (Wildman–Crippen LogP) is 0.851. The van der Waals surface area contributed by atoms with E-state index in [0.29, 0.717) is 6.42 Å². The number of hydrogen-bond donors (Lipinski definition) is 2. The second-order valence-corrected chi connectivity index (χ2v) is 8.54. The normalized spacial score (nSPS) is 21.3. The van der Waals surface area contributed by atoms with Crippen LogP contribution in [0.25, 0.3) is 0 Å². The highest BCUT2D eigenvalue weighted by Crippen LogP contribution is 2.10. The summed E-state index contributed by atoms with van der Waals surface area (Å²) in [6.45, 7) is 2.05. The summed E-state index contributed by atoms with van der Waals surface area (Å²) in [5, 5.41) is 6.47. The number of nitrogens with zero attached hydrogens (tertiary/aromatic N) is 2. The van der Waals surface area contributed by atoms with E-state index in [-0.39, 0.29) is 17.5 Å². The van der Waals surface area contributed by atoms with Gasteiger partial charge in [-0.2, -0.15) is 0 Å². The Bertz CT molecular complexity index is 435. The van der Waals surface area contributed by atoms with Gasteiger partial charge in [0.05, 0.1) is 11.5 Å². The van der Waals surface area contributed by atoms with E-state index in [1.165, 1.54) is 32.2 Å². The van der Waals surface area contributed by atoms with Gasteiger partial charge in [0, 0.05) is 19.6 Å². The smallest absolute Gasteiger partial charge is 0.191 e. The first kappa shape index (κ1) is 19.2. The lowest BCUT2D eigenvalue weighted by Crippen LogP contribution is -2.44. The lowest BCUT2D eigenvalue weighted by atomic mass is 10.1. The molecule has 0 amide bonds. The van der Waals surface area contributed by atoms with Crippen molar-refractivity contribution >= 4 is 15.8 Å². The molecule has 0 saturated carbocycles. The molecule has 0 aromatic carbocycles. The van der Waals surface area contributed by atoms with Gasteiger partial charge in [0.25, 0.3) is 0 Å². The molecule has 0 aromatic heterocycles. The van der Waals surface area contributed by atoms with Gasteiger partial charge in [-0.05, 0) is 39.9 Å². The molecule has 130 valence electrons. The number of aliphatic imine (C=N–C) groups is 1. The second-order valence-electron chi connectivity index (χ2n) is 6.31. The van der Waals surface area contributed by atoms with Crippen molar-refractivity contribution in [2.24, 2.45) is 4.99 Å².